The van der Waals surface area contributed by atoms with E-state index in [0.29, 0.717) is 22.4 Å². The van der Waals surface area contributed by atoms with Crippen molar-refractivity contribution >= 4 is 36.8 Å². The lowest BCUT2D eigenvalue weighted by atomic mass is 9.96. The molecule has 5 N–H and O–H groups in total. The van der Waals surface area contributed by atoms with E-state index >= 15 is 0 Å². The third kappa shape index (κ3) is 3.53. The van der Waals surface area contributed by atoms with Gasteiger partial charge in [-0.05, 0) is 25.1 Å². The monoisotopic (exact) mass is 461 g/mol. The lowest BCUT2D eigenvalue weighted by Gasteiger charge is -2.37. The Balaban J connectivity index is 1.70. The number of nitrogens with zero attached hydrogens (tertiary/aromatic N) is 3. The predicted molar refractivity (Wildman–Crippen MR) is 122 cm³/mol. The number of rotatable bonds is 4. The highest BCUT2D eigenvalue weighted by Gasteiger charge is 2.54. The Bertz CT molecular complexity index is 1100. The molecule has 0 aromatic carbocycles. The first-order valence-electron chi connectivity index (χ1n) is 10.6. The molecular weight excluding hydrogens is 430 g/mol. The van der Waals surface area contributed by atoms with Crippen LogP contribution in [0.3, 0.4) is 0 Å². The van der Waals surface area contributed by atoms with Gasteiger partial charge in [-0.25, -0.2) is 9.97 Å². The molecule has 0 radical (unpaired) electrons. The summed E-state index contributed by atoms with van der Waals surface area (Å²) in [7, 11) is -2.08. The van der Waals surface area contributed by atoms with Gasteiger partial charge in [0.15, 0.2) is 14.5 Å². The molecule has 2 aliphatic rings. The number of ether oxygens (including phenoxy) is 1. The van der Waals surface area contributed by atoms with E-state index in [9.17, 15) is 15.0 Å². The van der Waals surface area contributed by atoms with Gasteiger partial charge in [-0.2, -0.15) is 0 Å². The maximum atomic E-state index is 12.0. The van der Waals surface area contributed by atoms with E-state index in [1.165, 1.54) is 19.3 Å². The number of carbonyl (C=O) groups excluding carboxylic acids is 1. The Kier molecular flexibility index (Phi) is 5.25. The third-order valence-electron chi connectivity index (χ3n) is 6.87. The quantitative estimate of drug-likeness (QED) is 0.504. The highest BCUT2D eigenvalue weighted by molar-refractivity contribution is 6.74. The van der Waals surface area contributed by atoms with Gasteiger partial charge in [-0.3, -0.25) is 4.79 Å². The fraction of sp³-hybridized carbons (Fsp3) is 0.571. The summed E-state index contributed by atoms with van der Waals surface area (Å²) in [5.74, 6) is -0.0610. The van der Waals surface area contributed by atoms with Crippen LogP contribution in [0, 0.1) is 0 Å². The molecule has 11 heteroatoms. The molecule has 2 aliphatic heterocycles. The zero-order chi connectivity index (χ0) is 23.6. The van der Waals surface area contributed by atoms with E-state index in [4.69, 9.17) is 14.9 Å². The maximum absolute atomic E-state index is 12.0. The molecular formula is C21H31N5O5Si. The van der Waals surface area contributed by atoms with Crippen LogP contribution in [0.25, 0.3) is 16.7 Å². The van der Waals surface area contributed by atoms with Crippen molar-refractivity contribution < 1.29 is 24.2 Å². The molecule has 4 rings (SSSR count). The smallest absolute Gasteiger partial charge is 0.251 e. The summed E-state index contributed by atoms with van der Waals surface area (Å²) in [4.78, 5) is 20.5. The zero-order valence-corrected chi connectivity index (χ0v) is 20.2. The fourth-order valence-corrected chi connectivity index (χ4v) is 4.85. The summed E-state index contributed by atoms with van der Waals surface area (Å²) < 4.78 is 14.0. The zero-order valence-electron chi connectivity index (χ0n) is 19.2. The van der Waals surface area contributed by atoms with Crippen LogP contribution in [0.5, 0.6) is 0 Å². The van der Waals surface area contributed by atoms with Gasteiger partial charge >= 0.3 is 0 Å². The van der Waals surface area contributed by atoms with E-state index in [2.05, 4.69) is 49.1 Å². The second kappa shape index (κ2) is 7.35. The molecule has 1 fully saturated rings. The van der Waals surface area contributed by atoms with E-state index in [1.807, 2.05) is 0 Å². The average Bonchev–Trinajstić information content (AvgIpc) is 3.11. The number of aliphatic hydroxyl groups is 2. The highest BCUT2D eigenvalue weighted by atomic mass is 28.4. The Morgan fingerprint density at radius 2 is 2.06 bits per heavy atom. The van der Waals surface area contributed by atoms with Crippen LogP contribution in [-0.4, -0.2) is 63.4 Å². The number of carbonyl (C=O) groups is 1. The molecule has 0 saturated carbocycles. The van der Waals surface area contributed by atoms with Crippen LogP contribution in [0.15, 0.2) is 18.6 Å². The topological polar surface area (TPSA) is 145 Å². The Morgan fingerprint density at radius 1 is 1.38 bits per heavy atom. The SMILES string of the molecule is CC1(O)C(O)C(CO[Si](C)(C)C(C)(C)C)OC1n1cc2c3c(ncnc31)NC(=O)C=C2N. The Labute approximate surface area is 187 Å². The molecule has 1 amide bonds. The van der Waals surface area contributed by atoms with Gasteiger partial charge < -0.3 is 35.0 Å². The second-order valence-electron chi connectivity index (χ2n) is 10.2. The number of nitrogens with two attached hydrogens (primary N) is 1. The third-order valence-corrected chi connectivity index (χ3v) is 11.4. The molecule has 1 saturated heterocycles. The Morgan fingerprint density at radius 3 is 2.72 bits per heavy atom. The van der Waals surface area contributed by atoms with E-state index < -0.39 is 32.4 Å². The van der Waals surface area contributed by atoms with Crippen molar-refractivity contribution in [3.63, 3.8) is 0 Å². The molecule has 32 heavy (non-hydrogen) atoms. The fourth-order valence-electron chi connectivity index (χ4n) is 3.83. The highest BCUT2D eigenvalue weighted by Crippen LogP contribution is 2.43. The van der Waals surface area contributed by atoms with E-state index in [1.54, 1.807) is 10.8 Å². The van der Waals surface area contributed by atoms with Crippen LogP contribution in [0.1, 0.15) is 39.5 Å². The Hall–Kier alpha value is -2.31. The number of hydrogen-bond acceptors (Lipinski definition) is 8. The van der Waals surface area contributed by atoms with Gasteiger partial charge in [-0.1, -0.05) is 20.8 Å². The number of nitrogens with one attached hydrogen (secondary N) is 1. The van der Waals surface area contributed by atoms with Gasteiger partial charge in [0.1, 0.15) is 35.6 Å². The van der Waals surface area contributed by atoms with Crippen molar-refractivity contribution in [2.45, 2.75) is 69.9 Å². The van der Waals surface area contributed by atoms with Crippen LogP contribution in [0.2, 0.25) is 18.1 Å². The number of aliphatic hydroxyl groups excluding tert-OH is 1. The number of anilines is 1. The summed E-state index contributed by atoms with van der Waals surface area (Å²) in [6, 6.07) is 0. The molecule has 10 nitrogen and oxygen atoms in total. The lowest BCUT2D eigenvalue weighted by molar-refractivity contribution is -0.111. The summed E-state index contributed by atoms with van der Waals surface area (Å²) in [6.07, 6.45) is 1.40. The summed E-state index contributed by atoms with van der Waals surface area (Å²) in [5, 5.41) is 25.4. The minimum absolute atomic E-state index is 0.000610. The van der Waals surface area contributed by atoms with Gasteiger partial charge in [0.05, 0.1) is 12.0 Å². The summed E-state index contributed by atoms with van der Waals surface area (Å²) >= 11 is 0. The first-order chi connectivity index (χ1) is 14.7. The predicted octanol–water partition coefficient (Wildman–Crippen LogP) is 1.71. The van der Waals surface area contributed by atoms with Crippen molar-refractivity contribution in [1.29, 1.82) is 0 Å². The molecule has 2 aromatic heterocycles. The standard InChI is InChI=1S/C21H31N5O5Si/c1-20(2,3)32(5,6)30-9-13-16(28)21(4,29)19(31-13)26-8-11-12(22)7-14(27)25-17-15(11)18(26)24-10-23-17/h7-8,10,13,16,19,28-29H,9,22H2,1-6H3,(H,23,24,25,27). The minimum atomic E-state index is -2.08. The van der Waals surface area contributed by atoms with Crippen LogP contribution < -0.4 is 11.1 Å². The van der Waals surface area contributed by atoms with E-state index in [0.717, 1.165) is 0 Å². The largest absolute Gasteiger partial charge is 0.414 e. The van der Waals surface area contributed by atoms with Gasteiger partial charge in [0, 0.05) is 23.5 Å². The molecule has 4 heterocycles. The van der Waals surface area contributed by atoms with Crippen molar-refractivity contribution in [2.24, 2.45) is 5.73 Å². The summed E-state index contributed by atoms with van der Waals surface area (Å²) in [6.45, 7) is 12.3. The molecule has 174 valence electrons. The van der Waals surface area contributed by atoms with Gasteiger partial charge in [0.2, 0.25) is 0 Å². The van der Waals surface area contributed by atoms with Crippen molar-refractivity contribution in [2.75, 3.05) is 11.9 Å². The van der Waals surface area contributed by atoms with Crippen LogP contribution >= 0.6 is 0 Å². The maximum Gasteiger partial charge on any atom is 0.251 e. The normalized spacial score (nSPS) is 28.6. The lowest BCUT2D eigenvalue weighted by Crippen LogP contribution is -2.47. The van der Waals surface area contributed by atoms with Crippen molar-refractivity contribution in [3.05, 3.63) is 24.2 Å². The van der Waals surface area contributed by atoms with Crippen molar-refractivity contribution in [1.82, 2.24) is 14.5 Å². The molecule has 2 aromatic rings. The number of amides is 1. The minimum Gasteiger partial charge on any atom is -0.414 e. The second-order valence-corrected chi connectivity index (χ2v) is 15.0. The van der Waals surface area contributed by atoms with Crippen LogP contribution in [-0.2, 0) is 14.0 Å². The van der Waals surface area contributed by atoms with Crippen molar-refractivity contribution in [3.8, 4) is 0 Å². The van der Waals surface area contributed by atoms with E-state index in [-0.39, 0.29) is 23.2 Å². The number of aromatic nitrogens is 3. The molecule has 0 spiro atoms. The first kappa shape index (κ1) is 22.9. The molecule has 4 atom stereocenters. The number of hydrogen-bond donors (Lipinski definition) is 4. The van der Waals surface area contributed by atoms with Gasteiger partial charge in [-0.15, -0.1) is 0 Å². The average molecular weight is 462 g/mol. The summed E-state index contributed by atoms with van der Waals surface area (Å²) in [5.41, 5.74) is 5.72. The van der Waals surface area contributed by atoms with Gasteiger partial charge in [0.25, 0.3) is 5.91 Å². The van der Waals surface area contributed by atoms with Crippen LogP contribution in [0.4, 0.5) is 5.82 Å². The first-order valence-corrected chi connectivity index (χ1v) is 13.5. The molecule has 0 bridgehead atoms. The molecule has 0 aliphatic carbocycles. The molecule has 4 unspecified atom stereocenters.